The third-order valence-corrected chi connectivity index (χ3v) is 4.84. The van der Waals surface area contributed by atoms with Gasteiger partial charge in [0.15, 0.2) is 5.82 Å². The van der Waals surface area contributed by atoms with E-state index in [1.54, 1.807) is 0 Å². The number of likely N-dealkylation sites (tertiary alicyclic amines) is 1. The molecule has 0 aromatic carbocycles. The Balaban J connectivity index is 1.83. The standard InChI is InChI=1S/C15H22N4O2/c1-18-7-2-3-10-9-19(8-5-12(10)18)14-13(16)11(15(20)21)4-6-17-14/h4,6,10,12H,2-3,5,7-9,16H2,1H3,(H,20,21). The summed E-state index contributed by atoms with van der Waals surface area (Å²) < 4.78 is 0. The summed E-state index contributed by atoms with van der Waals surface area (Å²) in [5, 5.41) is 9.18. The van der Waals surface area contributed by atoms with Gasteiger partial charge in [-0.05, 0) is 44.8 Å². The number of aromatic carboxylic acids is 1. The summed E-state index contributed by atoms with van der Waals surface area (Å²) in [6, 6.07) is 2.10. The fourth-order valence-corrected chi connectivity index (χ4v) is 3.75. The van der Waals surface area contributed by atoms with E-state index in [0.29, 0.717) is 17.8 Å². The molecule has 114 valence electrons. The molecule has 1 aromatic heterocycles. The second-order valence-corrected chi connectivity index (χ2v) is 6.09. The molecule has 0 amide bonds. The van der Waals surface area contributed by atoms with Crippen molar-refractivity contribution >= 4 is 17.5 Å². The predicted molar refractivity (Wildman–Crippen MR) is 81.6 cm³/mol. The summed E-state index contributed by atoms with van der Waals surface area (Å²) in [6.45, 7) is 2.97. The van der Waals surface area contributed by atoms with Gasteiger partial charge in [-0.25, -0.2) is 9.78 Å². The summed E-state index contributed by atoms with van der Waals surface area (Å²) in [5.41, 5.74) is 6.44. The smallest absolute Gasteiger partial charge is 0.337 e. The van der Waals surface area contributed by atoms with Crippen molar-refractivity contribution in [3.05, 3.63) is 17.8 Å². The summed E-state index contributed by atoms with van der Waals surface area (Å²) in [4.78, 5) is 20.1. The lowest BCUT2D eigenvalue weighted by Crippen LogP contribution is -2.53. The zero-order valence-corrected chi connectivity index (χ0v) is 12.3. The van der Waals surface area contributed by atoms with Crippen LogP contribution in [0.25, 0.3) is 0 Å². The van der Waals surface area contributed by atoms with E-state index in [0.717, 1.165) is 19.5 Å². The molecule has 2 aliphatic rings. The zero-order chi connectivity index (χ0) is 15.0. The van der Waals surface area contributed by atoms with Crippen molar-refractivity contribution in [2.24, 2.45) is 5.92 Å². The number of hydrogen-bond donors (Lipinski definition) is 2. The molecule has 2 atom stereocenters. The van der Waals surface area contributed by atoms with Crippen LogP contribution in [-0.4, -0.2) is 53.7 Å². The van der Waals surface area contributed by atoms with Gasteiger partial charge in [-0.15, -0.1) is 0 Å². The normalized spacial score (nSPS) is 26.4. The molecule has 21 heavy (non-hydrogen) atoms. The molecule has 2 fully saturated rings. The van der Waals surface area contributed by atoms with Crippen molar-refractivity contribution in [2.75, 3.05) is 37.3 Å². The van der Waals surface area contributed by atoms with Crippen molar-refractivity contribution in [3.8, 4) is 0 Å². The molecule has 2 unspecified atom stereocenters. The van der Waals surface area contributed by atoms with E-state index in [1.165, 1.54) is 31.6 Å². The molecule has 3 N–H and O–H groups in total. The molecule has 0 aliphatic carbocycles. The number of pyridine rings is 1. The number of carboxylic acids is 1. The first-order chi connectivity index (χ1) is 10.1. The lowest BCUT2D eigenvalue weighted by Gasteiger charge is -2.46. The van der Waals surface area contributed by atoms with Crippen LogP contribution in [0.5, 0.6) is 0 Å². The maximum absolute atomic E-state index is 11.2. The van der Waals surface area contributed by atoms with E-state index in [1.807, 2.05) is 0 Å². The van der Waals surface area contributed by atoms with Gasteiger partial charge in [0.25, 0.3) is 0 Å². The van der Waals surface area contributed by atoms with E-state index in [9.17, 15) is 9.90 Å². The monoisotopic (exact) mass is 290 g/mol. The number of hydrogen-bond acceptors (Lipinski definition) is 5. The third-order valence-electron chi connectivity index (χ3n) is 4.84. The van der Waals surface area contributed by atoms with Gasteiger partial charge in [-0.3, -0.25) is 0 Å². The van der Waals surface area contributed by atoms with Gasteiger partial charge in [-0.1, -0.05) is 0 Å². The number of piperidine rings is 2. The van der Waals surface area contributed by atoms with Crippen LogP contribution in [0.3, 0.4) is 0 Å². The Morgan fingerprint density at radius 3 is 3.00 bits per heavy atom. The van der Waals surface area contributed by atoms with E-state index < -0.39 is 5.97 Å². The number of fused-ring (bicyclic) bond motifs is 1. The number of anilines is 2. The van der Waals surface area contributed by atoms with Crippen molar-refractivity contribution in [1.29, 1.82) is 0 Å². The molecular formula is C15H22N4O2. The lowest BCUT2D eigenvalue weighted by molar-refractivity contribution is 0.0698. The van der Waals surface area contributed by atoms with Crippen LogP contribution in [0.1, 0.15) is 29.6 Å². The Kier molecular flexibility index (Phi) is 3.71. The maximum Gasteiger partial charge on any atom is 0.337 e. The van der Waals surface area contributed by atoms with E-state index in [2.05, 4.69) is 21.8 Å². The average Bonchev–Trinajstić information content (AvgIpc) is 2.47. The largest absolute Gasteiger partial charge is 0.478 e. The maximum atomic E-state index is 11.2. The molecule has 0 radical (unpaired) electrons. The van der Waals surface area contributed by atoms with Crippen LogP contribution in [0.15, 0.2) is 12.3 Å². The molecule has 6 heteroatoms. The SMILES string of the molecule is CN1CCCC2CN(c3nccc(C(=O)O)c3N)CCC21. The van der Waals surface area contributed by atoms with Crippen LogP contribution < -0.4 is 10.6 Å². The van der Waals surface area contributed by atoms with Crippen molar-refractivity contribution < 1.29 is 9.90 Å². The minimum Gasteiger partial charge on any atom is -0.478 e. The number of rotatable bonds is 2. The van der Waals surface area contributed by atoms with Crippen LogP contribution >= 0.6 is 0 Å². The van der Waals surface area contributed by atoms with Gasteiger partial charge in [-0.2, -0.15) is 0 Å². The summed E-state index contributed by atoms with van der Waals surface area (Å²) >= 11 is 0. The molecule has 3 rings (SSSR count). The highest BCUT2D eigenvalue weighted by atomic mass is 16.4. The number of nitrogens with two attached hydrogens (primary N) is 1. The molecule has 0 bridgehead atoms. The Bertz CT molecular complexity index is 548. The Morgan fingerprint density at radius 2 is 2.24 bits per heavy atom. The molecular weight excluding hydrogens is 268 g/mol. The minimum atomic E-state index is -0.997. The van der Waals surface area contributed by atoms with Gasteiger partial charge >= 0.3 is 5.97 Å². The first kappa shape index (κ1) is 14.1. The molecule has 2 aliphatic heterocycles. The van der Waals surface area contributed by atoms with Crippen LogP contribution in [0.4, 0.5) is 11.5 Å². The van der Waals surface area contributed by atoms with Gasteiger partial charge in [0, 0.05) is 25.3 Å². The van der Waals surface area contributed by atoms with Crippen LogP contribution in [0.2, 0.25) is 0 Å². The van der Waals surface area contributed by atoms with Crippen LogP contribution in [0, 0.1) is 5.92 Å². The van der Waals surface area contributed by atoms with Gasteiger partial charge in [0.05, 0.1) is 11.3 Å². The average molecular weight is 290 g/mol. The number of carboxylic acid groups (broad SMARTS) is 1. The molecule has 0 spiro atoms. The molecule has 2 saturated heterocycles. The zero-order valence-electron chi connectivity index (χ0n) is 12.3. The highest BCUT2D eigenvalue weighted by Crippen LogP contribution is 2.33. The first-order valence-electron chi connectivity index (χ1n) is 7.51. The number of aromatic nitrogens is 1. The molecule has 1 aromatic rings. The Labute approximate surface area is 124 Å². The third kappa shape index (κ3) is 2.55. The van der Waals surface area contributed by atoms with Gasteiger partial charge in [0.2, 0.25) is 0 Å². The van der Waals surface area contributed by atoms with Crippen molar-refractivity contribution in [1.82, 2.24) is 9.88 Å². The van der Waals surface area contributed by atoms with Gasteiger partial charge in [0.1, 0.15) is 0 Å². The highest BCUT2D eigenvalue weighted by Gasteiger charge is 2.35. The second-order valence-electron chi connectivity index (χ2n) is 6.09. The number of carbonyl (C=O) groups is 1. The fraction of sp³-hybridized carbons (Fsp3) is 0.600. The molecule has 3 heterocycles. The second kappa shape index (κ2) is 5.52. The van der Waals surface area contributed by atoms with Crippen molar-refractivity contribution in [3.63, 3.8) is 0 Å². The fourth-order valence-electron chi connectivity index (χ4n) is 3.75. The van der Waals surface area contributed by atoms with Crippen LogP contribution in [-0.2, 0) is 0 Å². The van der Waals surface area contributed by atoms with Gasteiger partial charge < -0.3 is 20.6 Å². The summed E-state index contributed by atoms with van der Waals surface area (Å²) in [7, 11) is 2.20. The summed E-state index contributed by atoms with van der Waals surface area (Å²) in [5.74, 6) is 0.247. The first-order valence-corrected chi connectivity index (χ1v) is 7.51. The van der Waals surface area contributed by atoms with Crippen molar-refractivity contribution in [2.45, 2.75) is 25.3 Å². The van der Waals surface area contributed by atoms with E-state index in [-0.39, 0.29) is 11.3 Å². The Morgan fingerprint density at radius 1 is 1.43 bits per heavy atom. The molecule has 6 nitrogen and oxygen atoms in total. The predicted octanol–water partition coefficient (Wildman–Crippen LogP) is 1.28. The van der Waals surface area contributed by atoms with E-state index in [4.69, 9.17) is 5.73 Å². The topological polar surface area (TPSA) is 82.7 Å². The molecule has 0 saturated carbocycles. The lowest BCUT2D eigenvalue weighted by atomic mass is 9.84. The van der Waals surface area contributed by atoms with E-state index >= 15 is 0 Å². The quantitative estimate of drug-likeness (QED) is 0.854. The minimum absolute atomic E-state index is 0.142. The Hall–Kier alpha value is -1.82. The highest BCUT2D eigenvalue weighted by molar-refractivity contribution is 5.96. The number of nitrogen functional groups attached to an aromatic ring is 1. The number of nitrogens with zero attached hydrogens (tertiary/aromatic N) is 3. The summed E-state index contributed by atoms with van der Waals surface area (Å²) in [6.07, 6.45) is 5.07.